The summed E-state index contributed by atoms with van der Waals surface area (Å²) in [6, 6.07) is 0. The monoisotopic (exact) mass is 366 g/mol. The Morgan fingerprint density at radius 3 is 2.27 bits per heavy atom. The van der Waals surface area contributed by atoms with E-state index >= 15 is 0 Å². The van der Waals surface area contributed by atoms with Gasteiger partial charge < -0.3 is 15.0 Å². The summed E-state index contributed by atoms with van der Waals surface area (Å²) in [7, 11) is 2.12. The number of hydrogen-bond acceptors (Lipinski definition) is 5. The maximum Gasteiger partial charge on any atom is 0.319 e. The third-order valence-corrected chi connectivity index (χ3v) is 6.14. The first-order valence-electron chi connectivity index (χ1n) is 10.2. The smallest absolute Gasteiger partial charge is 0.319 e. The second-order valence-electron chi connectivity index (χ2n) is 9.59. The van der Waals surface area contributed by atoms with Crippen LogP contribution in [0.1, 0.15) is 60.3 Å². The molecule has 2 aliphatic heterocycles. The van der Waals surface area contributed by atoms with Crippen molar-refractivity contribution in [1.29, 1.82) is 0 Å². The standard InChI is InChI=1S/C21H38N2O3/c1-15-11-16(2)13-23(6)14-21(7-9-22-10-8-21)26-19(25)20(4,5)18(24)17(3)12-15/h15-17,22H,7-14H2,1-6H3. The van der Waals surface area contributed by atoms with E-state index in [9.17, 15) is 9.59 Å². The molecular weight excluding hydrogens is 328 g/mol. The van der Waals surface area contributed by atoms with Crippen molar-refractivity contribution in [2.75, 3.05) is 33.2 Å². The van der Waals surface area contributed by atoms with Crippen molar-refractivity contribution < 1.29 is 14.3 Å². The van der Waals surface area contributed by atoms with Crippen LogP contribution in [-0.4, -0.2) is 55.5 Å². The third-order valence-electron chi connectivity index (χ3n) is 6.14. The van der Waals surface area contributed by atoms with E-state index in [-0.39, 0.29) is 17.7 Å². The average Bonchev–Trinajstić information content (AvgIpc) is 2.53. The van der Waals surface area contributed by atoms with Crippen molar-refractivity contribution in [3.05, 3.63) is 0 Å². The molecule has 0 radical (unpaired) electrons. The molecule has 26 heavy (non-hydrogen) atoms. The highest BCUT2D eigenvalue weighted by Gasteiger charge is 2.45. The molecule has 2 aliphatic rings. The van der Waals surface area contributed by atoms with Crippen LogP contribution in [0.4, 0.5) is 0 Å². The van der Waals surface area contributed by atoms with Crippen LogP contribution in [0.15, 0.2) is 0 Å². The highest BCUT2D eigenvalue weighted by atomic mass is 16.6. The number of carbonyl (C=O) groups excluding carboxylic acids is 2. The van der Waals surface area contributed by atoms with Crippen LogP contribution in [0, 0.1) is 23.2 Å². The Bertz CT molecular complexity index is 511. The molecule has 3 unspecified atom stereocenters. The van der Waals surface area contributed by atoms with E-state index in [4.69, 9.17) is 4.74 Å². The van der Waals surface area contributed by atoms with Gasteiger partial charge in [-0.2, -0.15) is 0 Å². The molecule has 0 aromatic heterocycles. The maximum atomic E-state index is 13.0. The zero-order valence-corrected chi connectivity index (χ0v) is 17.6. The van der Waals surface area contributed by atoms with E-state index in [1.807, 2.05) is 6.92 Å². The highest BCUT2D eigenvalue weighted by Crippen LogP contribution is 2.33. The molecule has 150 valence electrons. The Morgan fingerprint density at radius 2 is 1.65 bits per heavy atom. The zero-order chi connectivity index (χ0) is 19.5. The van der Waals surface area contributed by atoms with Gasteiger partial charge in [0.05, 0.1) is 0 Å². The molecule has 1 spiro atoms. The molecule has 0 aromatic carbocycles. The molecular formula is C21H38N2O3. The van der Waals surface area contributed by atoms with Gasteiger partial charge >= 0.3 is 5.97 Å². The lowest BCUT2D eigenvalue weighted by Gasteiger charge is -2.41. The SMILES string of the molecule is CC1CC(C)CN(C)CC2(CCNCC2)OC(=O)C(C)(C)C(=O)C(C)C1. The van der Waals surface area contributed by atoms with Gasteiger partial charge in [0.15, 0.2) is 5.78 Å². The van der Waals surface area contributed by atoms with Gasteiger partial charge in [-0.25, -0.2) is 0 Å². The second kappa shape index (κ2) is 8.39. The number of piperidine rings is 1. The van der Waals surface area contributed by atoms with Gasteiger partial charge in [-0.05, 0) is 58.7 Å². The van der Waals surface area contributed by atoms with E-state index in [1.54, 1.807) is 13.8 Å². The molecule has 1 N–H and O–H groups in total. The molecule has 2 saturated heterocycles. The predicted octanol–water partition coefficient (Wildman–Crippen LogP) is 2.88. The van der Waals surface area contributed by atoms with Crippen molar-refractivity contribution in [1.82, 2.24) is 10.2 Å². The maximum absolute atomic E-state index is 13.0. The number of ketones is 1. The number of esters is 1. The molecule has 2 rings (SSSR count). The molecule has 2 heterocycles. The summed E-state index contributed by atoms with van der Waals surface area (Å²) in [5, 5.41) is 3.36. The summed E-state index contributed by atoms with van der Waals surface area (Å²) in [4.78, 5) is 28.4. The lowest BCUT2D eigenvalue weighted by atomic mass is 9.77. The molecule has 2 fully saturated rings. The summed E-state index contributed by atoms with van der Waals surface area (Å²) in [6.45, 7) is 13.4. The minimum atomic E-state index is -1.09. The Morgan fingerprint density at radius 1 is 1.04 bits per heavy atom. The van der Waals surface area contributed by atoms with E-state index in [0.29, 0.717) is 11.8 Å². The number of ether oxygens (including phenoxy) is 1. The Hall–Kier alpha value is -0.940. The van der Waals surface area contributed by atoms with Gasteiger partial charge in [0.25, 0.3) is 0 Å². The zero-order valence-electron chi connectivity index (χ0n) is 17.6. The van der Waals surface area contributed by atoms with E-state index in [0.717, 1.165) is 51.9 Å². The Balaban J connectivity index is 2.31. The first-order chi connectivity index (χ1) is 12.1. The minimum absolute atomic E-state index is 0.0127. The number of Topliss-reactive ketones (excluding diaryl/α,β-unsaturated/α-hetero) is 1. The normalized spacial score (nSPS) is 34.5. The molecule has 0 bridgehead atoms. The molecule has 3 atom stereocenters. The van der Waals surface area contributed by atoms with Gasteiger partial charge in [-0.15, -0.1) is 0 Å². The van der Waals surface area contributed by atoms with Gasteiger partial charge in [0, 0.05) is 31.8 Å². The summed E-state index contributed by atoms with van der Waals surface area (Å²) in [6.07, 6.45) is 3.53. The Kier molecular flexibility index (Phi) is 6.89. The minimum Gasteiger partial charge on any atom is -0.457 e. The summed E-state index contributed by atoms with van der Waals surface area (Å²) < 4.78 is 6.12. The van der Waals surface area contributed by atoms with Gasteiger partial charge in [-0.3, -0.25) is 9.59 Å². The van der Waals surface area contributed by atoms with Crippen molar-refractivity contribution >= 4 is 11.8 Å². The fourth-order valence-corrected chi connectivity index (χ4v) is 4.87. The van der Waals surface area contributed by atoms with Gasteiger partial charge in [0.2, 0.25) is 0 Å². The van der Waals surface area contributed by atoms with Gasteiger partial charge in [0.1, 0.15) is 11.0 Å². The average molecular weight is 367 g/mol. The highest BCUT2D eigenvalue weighted by molar-refractivity contribution is 6.04. The fraction of sp³-hybridized carbons (Fsp3) is 0.905. The van der Waals surface area contributed by atoms with Crippen molar-refractivity contribution in [3.63, 3.8) is 0 Å². The topological polar surface area (TPSA) is 58.6 Å². The number of nitrogens with zero attached hydrogens (tertiary/aromatic N) is 1. The molecule has 5 nitrogen and oxygen atoms in total. The van der Waals surface area contributed by atoms with Crippen LogP contribution in [0.5, 0.6) is 0 Å². The fourth-order valence-electron chi connectivity index (χ4n) is 4.87. The molecule has 5 heteroatoms. The quantitative estimate of drug-likeness (QED) is 0.528. The van der Waals surface area contributed by atoms with Gasteiger partial charge in [-0.1, -0.05) is 20.8 Å². The molecule has 0 amide bonds. The molecule has 0 saturated carbocycles. The Labute approximate surface area is 159 Å². The lowest BCUT2D eigenvalue weighted by molar-refractivity contribution is -0.177. The van der Waals surface area contributed by atoms with Crippen molar-refractivity contribution in [3.8, 4) is 0 Å². The predicted molar refractivity (Wildman–Crippen MR) is 104 cm³/mol. The van der Waals surface area contributed by atoms with Crippen LogP contribution in [-0.2, 0) is 14.3 Å². The summed E-state index contributed by atoms with van der Waals surface area (Å²) >= 11 is 0. The number of hydrogen-bond donors (Lipinski definition) is 1. The van der Waals surface area contributed by atoms with Crippen LogP contribution in [0.2, 0.25) is 0 Å². The summed E-state index contributed by atoms with van der Waals surface area (Å²) in [5.41, 5.74) is -1.58. The first-order valence-corrected chi connectivity index (χ1v) is 10.2. The van der Waals surface area contributed by atoms with Crippen LogP contribution < -0.4 is 5.32 Å². The van der Waals surface area contributed by atoms with E-state index in [2.05, 4.69) is 31.1 Å². The van der Waals surface area contributed by atoms with E-state index in [1.165, 1.54) is 0 Å². The largest absolute Gasteiger partial charge is 0.457 e. The second-order valence-corrected chi connectivity index (χ2v) is 9.59. The van der Waals surface area contributed by atoms with Crippen molar-refractivity contribution in [2.24, 2.45) is 23.2 Å². The first kappa shape index (κ1) is 21.4. The van der Waals surface area contributed by atoms with Crippen LogP contribution >= 0.6 is 0 Å². The number of carbonyl (C=O) groups is 2. The molecule has 0 aliphatic carbocycles. The lowest BCUT2D eigenvalue weighted by Crippen LogP contribution is -2.54. The number of nitrogens with one attached hydrogen (secondary N) is 1. The summed E-state index contributed by atoms with van der Waals surface area (Å²) in [5.74, 6) is 0.559. The number of rotatable bonds is 0. The van der Waals surface area contributed by atoms with Crippen LogP contribution in [0.3, 0.4) is 0 Å². The van der Waals surface area contributed by atoms with Crippen LogP contribution in [0.25, 0.3) is 0 Å². The number of likely N-dealkylation sites (N-methyl/N-ethyl adjacent to an activating group) is 1. The van der Waals surface area contributed by atoms with E-state index < -0.39 is 11.0 Å². The van der Waals surface area contributed by atoms with Crippen molar-refractivity contribution in [2.45, 2.75) is 65.9 Å². The molecule has 0 aromatic rings. The third kappa shape index (κ3) is 5.07.